The van der Waals surface area contributed by atoms with E-state index in [1.807, 2.05) is 0 Å². The van der Waals surface area contributed by atoms with Gasteiger partial charge in [-0.1, -0.05) is 6.07 Å². The van der Waals surface area contributed by atoms with Gasteiger partial charge in [0.15, 0.2) is 0 Å². The molecule has 7 nitrogen and oxygen atoms in total. The summed E-state index contributed by atoms with van der Waals surface area (Å²) in [7, 11) is 0. The Kier molecular flexibility index (Phi) is 6.93. The fraction of sp³-hybridized carbons (Fsp3) is 0.385. The smallest absolute Gasteiger partial charge is 0.316 e. The van der Waals surface area contributed by atoms with Crippen LogP contribution in [0.5, 0.6) is 0 Å². The topological polar surface area (TPSA) is 105 Å². The fourth-order valence-electron chi connectivity index (χ4n) is 2.00. The number of amides is 3. The van der Waals surface area contributed by atoms with Crippen LogP contribution >= 0.6 is 12.4 Å². The molecule has 2 rings (SSSR count). The third-order valence-electron chi connectivity index (χ3n) is 2.84. The van der Waals surface area contributed by atoms with Crippen molar-refractivity contribution in [2.45, 2.75) is 12.5 Å². The van der Waals surface area contributed by atoms with Crippen LogP contribution in [0.2, 0.25) is 0 Å². The van der Waals surface area contributed by atoms with Crippen molar-refractivity contribution in [3.8, 4) is 0 Å². The molecule has 116 valence electrons. The van der Waals surface area contributed by atoms with E-state index in [4.69, 9.17) is 10.5 Å². The highest BCUT2D eigenvalue weighted by Gasteiger charge is 2.16. The van der Waals surface area contributed by atoms with Crippen molar-refractivity contribution in [1.82, 2.24) is 5.32 Å². The Balaban J connectivity index is 0.00000220. The maximum atomic E-state index is 11.9. The second kappa shape index (κ2) is 8.46. The number of anilines is 2. The number of primary amides is 1. The number of rotatable bonds is 4. The molecule has 21 heavy (non-hydrogen) atoms. The SMILES string of the molecule is Cl.NC(=O)Nc1cccc(NC(=O)CC2COCCN2)c1. The normalized spacial score (nSPS) is 17.4. The number of nitrogens with one attached hydrogen (secondary N) is 3. The number of ether oxygens (including phenoxy) is 1. The third kappa shape index (κ3) is 5.99. The predicted molar refractivity (Wildman–Crippen MR) is 82.8 cm³/mol. The standard InChI is InChI=1S/C13H18N4O3.ClH/c14-13(19)17-10-3-1-2-9(6-10)16-12(18)7-11-8-20-5-4-15-11;/h1-3,6,11,15H,4-5,7-8H2,(H,16,18)(H3,14,17,19);1H. The lowest BCUT2D eigenvalue weighted by Crippen LogP contribution is -2.43. The van der Waals surface area contributed by atoms with Crippen LogP contribution in [-0.2, 0) is 9.53 Å². The van der Waals surface area contributed by atoms with E-state index >= 15 is 0 Å². The first-order valence-corrected chi connectivity index (χ1v) is 6.41. The zero-order chi connectivity index (χ0) is 14.4. The van der Waals surface area contributed by atoms with Crippen molar-refractivity contribution >= 4 is 35.7 Å². The van der Waals surface area contributed by atoms with E-state index in [9.17, 15) is 9.59 Å². The van der Waals surface area contributed by atoms with E-state index in [-0.39, 0.29) is 24.4 Å². The number of benzene rings is 1. The lowest BCUT2D eigenvalue weighted by Gasteiger charge is -2.23. The van der Waals surface area contributed by atoms with E-state index < -0.39 is 6.03 Å². The Morgan fingerprint density at radius 3 is 2.67 bits per heavy atom. The van der Waals surface area contributed by atoms with Crippen molar-refractivity contribution in [2.75, 3.05) is 30.4 Å². The minimum absolute atomic E-state index is 0. The Bertz CT molecular complexity index is 492. The first-order chi connectivity index (χ1) is 9.63. The number of nitrogens with two attached hydrogens (primary N) is 1. The molecule has 1 heterocycles. The summed E-state index contributed by atoms with van der Waals surface area (Å²) < 4.78 is 5.29. The van der Waals surface area contributed by atoms with E-state index in [0.29, 0.717) is 31.0 Å². The van der Waals surface area contributed by atoms with Crippen LogP contribution in [0, 0.1) is 0 Å². The molecule has 1 aromatic rings. The van der Waals surface area contributed by atoms with Gasteiger partial charge in [-0.25, -0.2) is 4.79 Å². The van der Waals surface area contributed by atoms with E-state index in [1.54, 1.807) is 24.3 Å². The molecule has 0 spiro atoms. The van der Waals surface area contributed by atoms with Gasteiger partial charge in [0.2, 0.25) is 5.91 Å². The van der Waals surface area contributed by atoms with Crippen molar-refractivity contribution in [3.63, 3.8) is 0 Å². The summed E-state index contributed by atoms with van der Waals surface area (Å²) in [5, 5.41) is 8.45. The Labute approximate surface area is 129 Å². The molecule has 0 saturated carbocycles. The molecule has 1 unspecified atom stereocenters. The second-order valence-corrected chi connectivity index (χ2v) is 4.55. The molecule has 5 N–H and O–H groups in total. The van der Waals surface area contributed by atoms with Crippen molar-refractivity contribution in [2.24, 2.45) is 5.73 Å². The van der Waals surface area contributed by atoms with Crippen LogP contribution in [0.1, 0.15) is 6.42 Å². The van der Waals surface area contributed by atoms with E-state index in [2.05, 4.69) is 16.0 Å². The third-order valence-corrected chi connectivity index (χ3v) is 2.84. The summed E-state index contributed by atoms with van der Waals surface area (Å²) in [4.78, 5) is 22.7. The summed E-state index contributed by atoms with van der Waals surface area (Å²) in [5.74, 6) is -0.107. The Morgan fingerprint density at radius 2 is 2.05 bits per heavy atom. The molecule has 1 atom stereocenters. The molecule has 1 aliphatic heterocycles. The van der Waals surface area contributed by atoms with Crippen LogP contribution < -0.4 is 21.7 Å². The lowest BCUT2D eigenvalue weighted by molar-refractivity contribution is -0.117. The van der Waals surface area contributed by atoms with Gasteiger partial charge in [0.05, 0.1) is 13.2 Å². The molecular formula is C13H19ClN4O3. The summed E-state index contributed by atoms with van der Waals surface area (Å²) in [6, 6.07) is 6.20. The number of morpholine rings is 1. The maximum absolute atomic E-state index is 11.9. The van der Waals surface area contributed by atoms with Crippen LogP contribution in [0.4, 0.5) is 16.2 Å². The van der Waals surface area contributed by atoms with Gasteiger partial charge in [-0.15, -0.1) is 12.4 Å². The number of carbonyl (C=O) groups excluding carboxylic acids is 2. The molecule has 0 bridgehead atoms. The van der Waals surface area contributed by atoms with Gasteiger partial charge in [-0.05, 0) is 18.2 Å². The molecule has 0 aromatic heterocycles. The highest BCUT2D eigenvalue weighted by Crippen LogP contribution is 2.15. The quantitative estimate of drug-likeness (QED) is 0.663. The largest absolute Gasteiger partial charge is 0.378 e. The molecule has 0 aliphatic carbocycles. The van der Waals surface area contributed by atoms with Gasteiger partial charge in [-0.3, -0.25) is 4.79 Å². The molecular weight excluding hydrogens is 296 g/mol. The molecule has 1 fully saturated rings. The molecule has 1 saturated heterocycles. The van der Waals surface area contributed by atoms with Crippen molar-refractivity contribution in [3.05, 3.63) is 24.3 Å². The highest BCUT2D eigenvalue weighted by molar-refractivity contribution is 5.93. The van der Waals surface area contributed by atoms with Crippen LogP contribution in [0.3, 0.4) is 0 Å². The number of urea groups is 1. The van der Waals surface area contributed by atoms with Crippen LogP contribution in [0.25, 0.3) is 0 Å². The Hall–Kier alpha value is -1.83. The second-order valence-electron chi connectivity index (χ2n) is 4.55. The number of carbonyl (C=O) groups is 2. The fourth-order valence-corrected chi connectivity index (χ4v) is 2.00. The lowest BCUT2D eigenvalue weighted by atomic mass is 10.2. The summed E-state index contributed by atoms with van der Waals surface area (Å²) in [5.41, 5.74) is 6.19. The van der Waals surface area contributed by atoms with Gasteiger partial charge >= 0.3 is 6.03 Å². The van der Waals surface area contributed by atoms with Crippen molar-refractivity contribution < 1.29 is 14.3 Å². The number of hydrogen-bond acceptors (Lipinski definition) is 4. The van der Waals surface area contributed by atoms with Gasteiger partial charge < -0.3 is 26.4 Å². The highest BCUT2D eigenvalue weighted by atomic mass is 35.5. The molecule has 8 heteroatoms. The zero-order valence-electron chi connectivity index (χ0n) is 11.4. The minimum atomic E-state index is -0.642. The van der Waals surface area contributed by atoms with Crippen molar-refractivity contribution in [1.29, 1.82) is 0 Å². The molecule has 1 aromatic carbocycles. The summed E-state index contributed by atoms with van der Waals surface area (Å²) in [6.07, 6.45) is 0.341. The van der Waals surface area contributed by atoms with E-state index in [1.165, 1.54) is 0 Å². The van der Waals surface area contributed by atoms with E-state index in [0.717, 1.165) is 6.54 Å². The van der Waals surface area contributed by atoms with Gasteiger partial charge in [0.25, 0.3) is 0 Å². The van der Waals surface area contributed by atoms with Gasteiger partial charge in [-0.2, -0.15) is 0 Å². The monoisotopic (exact) mass is 314 g/mol. The zero-order valence-corrected chi connectivity index (χ0v) is 12.2. The average molecular weight is 315 g/mol. The number of hydrogen-bond donors (Lipinski definition) is 4. The van der Waals surface area contributed by atoms with Crippen LogP contribution in [-0.4, -0.2) is 37.7 Å². The average Bonchev–Trinajstić information content (AvgIpc) is 2.39. The molecule has 1 aliphatic rings. The predicted octanol–water partition coefficient (Wildman–Crippen LogP) is 0.916. The first-order valence-electron chi connectivity index (χ1n) is 6.41. The summed E-state index contributed by atoms with van der Waals surface area (Å²) >= 11 is 0. The molecule has 3 amide bonds. The van der Waals surface area contributed by atoms with Crippen LogP contribution in [0.15, 0.2) is 24.3 Å². The Morgan fingerprint density at radius 1 is 1.33 bits per heavy atom. The molecule has 0 radical (unpaired) electrons. The first kappa shape index (κ1) is 17.2. The maximum Gasteiger partial charge on any atom is 0.316 e. The van der Waals surface area contributed by atoms with Gasteiger partial charge in [0.1, 0.15) is 0 Å². The number of halogens is 1. The minimum Gasteiger partial charge on any atom is -0.378 e. The van der Waals surface area contributed by atoms with Gasteiger partial charge in [0, 0.05) is 30.4 Å². The summed E-state index contributed by atoms with van der Waals surface area (Å²) in [6.45, 7) is 1.98.